The van der Waals surface area contributed by atoms with Crippen LogP contribution in [0.2, 0.25) is 0 Å². The number of aliphatic hydroxyl groups is 1. The summed E-state index contributed by atoms with van der Waals surface area (Å²) in [6.07, 6.45) is 1.61. The summed E-state index contributed by atoms with van der Waals surface area (Å²) >= 11 is 0. The van der Waals surface area contributed by atoms with Crippen molar-refractivity contribution in [3.05, 3.63) is 34.8 Å². The number of phenols is 1. The molecule has 0 saturated carbocycles. The molecule has 2 aliphatic carbocycles. The second kappa shape index (κ2) is 5.39. The van der Waals surface area contributed by atoms with Crippen LogP contribution in [0.5, 0.6) is 11.5 Å². The Balaban J connectivity index is 2.02. The van der Waals surface area contributed by atoms with Crippen LogP contribution in [0.15, 0.2) is 23.7 Å². The number of benzene rings is 1. The normalized spacial score (nSPS) is 31.4. The van der Waals surface area contributed by atoms with Gasteiger partial charge in [0.1, 0.15) is 5.76 Å². The fourth-order valence-corrected chi connectivity index (χ4v) is 5.19. The molecule has 6 heteroatoms. The molecule has 1 aromatic rings. The van der Waals surface area contributed by atoms with Gasteiger partial charge in [-0.05, 0) is 38.1 Å². The van der Waals surface area contributed by atoms with Gasteiger partial charge in [-0.3, -0.25) is 4.79 Å². The minimum atomic E-state index is -0.571. The number of carbonyl (C=O) groups is 1. The molecule has 0 amide bonds. The number of piperidine rings is 1. The number of aliphatic hydroxyl groups excluding tert-OH is 1. The van der Waals surface area contributed by atoms with E-state index in [-0.39, 0.29) is 35.7 Å². The van der Waals surface area contributed by atoms with Gasteiger partial charge in [0.2, 0.25) is 5.78 Å². The number of rotatable bonds is 2. The molecule has 25 heavy (non-hydrogen) atoms. The molecule has 6 nitrogen and oxygen atoms in total. The molecule has 2 bridgehead atoms. The Kier molecular flexibility index (Phi) is 3.51. The summed E-state index contributed by atoms with van der Waals surface area (Å²) in [4.78, 5) is 14.8. The fraction of sp³-hybridized carbons (Fsp3) is 0.526. The largest absolute Gasteiger partial charge is 0.504 e. The highest BCUT2D eigenvalue weighted by Crippen LogP contribution is 2.59. The van der Waals surface area contributed by atoms with E-state index in [1.54, 1.807) is 6.07 Å². The molecular formula is C19H23NO5. The maximum atomic E-state index is 12.6. The summed E-state index contributed by atoms with van der Waals surface area (Å²) in [7, 11) is 5.08. The Morgan fingerprint density at radius 2 is 2.00 bits per heavy atom. The Morgan fingerprint density at radius 1 is 1.24 bits per heavy atom. The number of nitrogens with zero attached hydrogens (tertiary/aromatic N) is 1. The van der Waals surface area contributed by atoms with Crippen LogP contribution in [0.4, 0.5) is 0 Å². The summed E-state index contributed by atoms with van der Waals surface area (Å²) in [5.41, 5.74) is 1.25. The highest BCUT2D eigenvalue weighted by Gasteiger charge is 2.60. The topological polar surface area (TPSA) is 79.2 Å². The van der Waals surface area contributed by atoms with Crippen molar-refractivity contribution in [1.82, 2.24) is 4.90 Å². The van der Waals surface area contributed by atoms with Crippen LogP contribution in [-0.4, -0.2) is 54.8 Å². The van der Waals surface area contributed by atoms with E-state index in [1.165, 1.54) is 14.2 Å². The van der Waals surface area contributed by atoms with E-state index in [4.69, 9.17) is 9.47 Å². The molecule has 1 saturated heterocycles. The Bertz CT molecular complexity index is 786. The molecule has 134 valence electrons. The molecule has 1 heterocycles. The summed E-state index contributed by atoms with van der Waals surface area (Å²) < 4.78 is 10.8. The van der Waals surface area contributed by atoms with Crippen molar-refractivity contribution in [3.63, 3.8) is 0 Å². The van der Waals surface area contributed by atoms with E-state index >= 15 is 0 Å². The second-order valence-corrected chi connectivity index (χ2v) is 7.30. The predicted molar refractivity (Wildman–Crippen MR) is 90.9 cm³/mol. The van der Waals surface area contributed by atoms with Crippen molar-refractivity contribution in [2.75, 3.05) is 27.8 Å². The predicted octanol–water partition coefficient (Wildman–Crippen LogP) is 1.90. The van der Waals surface area contributed by atoms with Crippen molar-refractivity contribution in [2.45, 2.75) is 30.7 Å². The number of likely N-dealkylation sites (tertiary alicyclic amines) is 1. The number of carbonyl (C=O) groups excluding carboxylic acids is 1. The minimum Gasteiger partial charge on any atom is -0.504 e. The SMILES string of the molecule is COC1=C(O)C(=O)C[C@@]23CCN(C)[C@@H](Cc4ccc(OC)c(O)c42)[C@H]13. The van der Waals surface area contributed by atoms with Gasteiger partial charge in [0, 0.05) is 29.4 Å². The zero-order chi connectivity index (χ0) is 17.9. The van der Waals surface area contributed by atoms with Crippen molar-refractivity contribution < 1.29 is 24.5 Å². The second-order valence-electron chi connectivity index (χ2n) is 7.30. The first-order valence-corrected chi connectivity index (χ1v) is 8.54. The van der Waals surface area contributed by atoms with Crippen LogP contribution < -0.4 is 4.74 Å². The van der Waals surface area contributed by atoms with Gasteiger partial charge in [0.25, 0.3) is 0 Å². The Morgan fingerprint density at radius 3 is 2.68 bits per heavy atom. The number of fused-ring (bicyclic) bond motifs is 1. The van der Waals surface area contributed by atoms with Gasteiger partial charge in [0.15, 0.2) is 17.3 Å². The van der Waals surface area contributed by atoms with Crippen LogP contribution >= 0.6 is 0 Å². The van der Waals surface area contributed by atoms with Gasteiger partial charge >= 0.3 is 0 Å². The molecule has 1 aromatic carbocycles. The van der Waals surface area contributed by atoms with Gasteiger partial charge < -0.3 is 24.6 Å². The number of aromatic hydroxyl groups is 1. The molecular weight excluding hydrogens is 322 g/mol. The lowest BCUT2D eigenvalue weighted by molar-refractivity contribution is -0.124. The zero-order valence-corrected chi connectivity index (χ0v) is 14.7. The van der Waals surface area contributed by atoms with Crippen LogP contribution in [0.25, 0.3) is 0 Å². The number of ether oxygens (including phenoxy) is 2. The number of phenolic OH excluding ortho intramolecular Hbond substituents is 1. The van der Waals surface area contributed by atoms with Crippen LogP contribution in [0.3, 0.4) is 0 Å². The molecule has 0 aromatic heterocycles. The van der Waals surface area contributed by atoms with Crippen molar-refractivity contribution in [2.24, 2.45) is 5.92 Å². The van der Waals surface area contributed by atoms with Gasteiger partial charge in [0.05, 0.1) is 14.2 Å². The van der Waals surface area contributed by atoms with Crippen LogP contribution in [0.1, 0.15) is 24.0 Å². The van der Waals surface area contributed by atoms with Crippen LogP contribution in [0, 0.1) is 5.92 Å². The number of allylic oxidation sites excluding steroid dienone is 1. The molecule has 1 aliphatic heterocycles. The molecule has 3 atom stereocenters. The zero-order valence-electron chi connectivity index (χ0n) is 14.7. The maximum Gasteiger partial charge on any atom is 0.201 e. The number of hydrogen-bond donors (Lipinski definition) is 2. The monoisotopic (exact) mass is 345 g/mol. The third-order valence-corrected chi connectivity index (χ3v) is 6.31. The van der Waals surface area contributed by atoms with E-state index in [9.17, 15) is 15.0 Å². The molecule has 2 N–H and O–H groups in total. The lowest BCUT2D eigenvalue weighted by Gasteiger charge is -2.57. The van der Waals surface area contributed by atoms with Gasteiger partial charge in [-0.2, -0.15) is 0 Å². The van der Waals surface area contributed by atoms with Gasteiger partial charge in [-0.25, -0.2) is 0 Å². The van der Waals surface area contributed by atoms with Crippen molar-refractivity contribution in [3.8, 4) is 11.5 Å². The maximum absolute atomic E-state index is 12.6. The first-order chi connectivity index (χ1) is 11.9. The summed E-state index contributed by atoms with van der Waals surface area (Å²) in [5.74, 6) is 0.105. The quantitative estimate of drug-likeness (QED) is 0.852. The summed E-state index contributed by atoms with van der Waals surface area (Å²) in [5, 5.41) is 21.2. The molecule has 4 rings (SSSR count). The highest BCUT2D eigenvalue weighted by molar-refractivity contribution is 5.96. The lowest BCUT2D eigenvalue weighted by Crippen LogP contribution is -2.61. The van der Waals surface area contributed by atoms with Crippen molar-refractivity contribution >= 4 is 5.78 Å². The molecule has 0 unspecified atom stereocenters. The first kappa shape index (κ1) is 16.3. The lowest BCUT2D eigenvalue weighted by atomic mass is 9.53. The molecule has 0 radical (unpaired) electrons. The number of hydrogen-bond acceptors (Lipinski definition) is 6. The number of likely N-dealkylation sites (N-methyl/N-ethyl adjacent to an activating group) is 1. The third kappa shape index (κ3) is 1.97. The number of Topliss-reactive ketones (excluding diaryl/α,β-unsaturated/α-hetero) is 1. The van der Waals surface area contributed by atoms with Crippen LogP contribution in [-0.2, 0) is 21.4 Å². The summed E-state index contributed by atoms with van der Waals surface area (Å²) in [6.45, 7) is 0.822. The van der Waals surface area contributed by atoms with Gasteiger partial charge in [-0.1, -0.05) is 6.07 Å². The van der Waals surface area contributed by atoms with Gasteiger partial charge in [-0.15, -0.1) is 0 Å². The molecule has 1 fully saturated rings. The average molecular weight is 345 g/mol. The van der Waals surface area contributed by atoms with E-state index in [0.29, 0.717) is 17.9 Å². The van der Waals surface area contributed by atoms with Crippen molar-refractivity contribution in [1.29, 1.82) is 0 Å². The van der Waals surface area contributed by atoms with E-state index in [1.807, 2.05) is 6.07 Å². The number of ketones is 1. The van der Waals surface area contributed by atoms with E-state index < -0.39 is 5.41 Å². The molecule has 3 aliphatic rings. The number of methoxy groups -OCH3 is 2. The van der Waals surface area contributed by atoms with E-state index in [0.717, 1.165) is 24.1 Å². The standard InChI is InChI=1S/C19H23NO5/c1-20-7-6-19-9-12(21)16(22)18(25-3)15(19)11(20)8-10-4-5-13(24-2)17(23)14(10)19/h4-5,11,15,22-23H,6-9H2,1-3H3/t11-,15+,19-/m0/s1. The molecule has 0 spiro atoms. The Hall–Kier alpha value is -2.21. The first-order valence-electron chi connectivity index (χ1n) is 8.54. The summed E-state index contributed by atoms with van der Waals surface area (Å²) in [6, 6.07) is 3.86. The average Bonchev–Trinajstić information content (AvgIpc) is 2.59. The highest BCUT2D eigenvalue weighted by atomic mass is 16.5. The minimum absolute atomic E-state index is 0.109. The third-order valence-electron chi connectivity index (χ3n) is 6.31. The van der Waals surface area contributed by atoms with E-state index in [2.05, 4.69) is 11.9 Å². The Labute approximate surface area is 146 Å². The smallest absolute Gasteiger partial charge is 0.201 e. The fourth-order valence-electron chi connectivity index (χ4n) is 5.19.